The summed E-state index contributed by atoms with van der Waals surface area (Å²) in [7, 11) is 0. The summed E-state index contributed by atoms with van der Waals surface area (Å²) in [6.45, 7) is 0. The molecule has 0 amide bonds. The van der Waals surface area contributed by atoms with Crippen molar-refractivity contribution in [1.29, 1.82) is 0 Å². The van der Waals surface area contributed by atoms with Gasteiger partial charge in [-0.1, -0.05) is 0 Å². The van der Waals surface area contributed by atoms with Crippen LogP contribution < -0.4 is 0 Å². The first-order valence-corrected chi connectivity index (χ1v) is 0. The molecule has 0 bridgehead atoms. The van der Waals surface area contributed by atoms with E-state index >= 15 is 0 Å². The van der Waals surface area contributed by atoms with E-state index in [0.717, 1.165) is 0 Å². The van der Waals surface area contributed by atoms with Gasteiger partial charge in [0.1, 0.15) is 0 Å². The molecule has 0 aliphatic rings. The molecule has 0 fully saturated rings. The van der Waals surface area contributed by atoms with Gasteiger partial charge in [0.25, 0.3) is 0 Å². The summed E-state index contributed by atoms with van der Waals surface area (Å²) in [5, 5.41) is 0. The summed E-state index contributed by atoms with van der Waals surface area (Å²) in [6.07, 6.45) is 0. The van der Waals surface area contributed by atoms with Crippen LogP contribution >= 0.6 is 0 Å². The smallest absolute Gasteiger partial charge is 0 e. The molecule has 20 heteroatoms. The normalized spacial score (nSPS) is 0. The third kappa shape index (κ3) is 197. The van der Waals surface area contributed by atoms with Gasteiger partial charge in [-0.15, -0.1) is 0 Å². The van der Waals surface area contributed by atoms with Gasteiger partial charge in [0.2, 0.25) is 0 Å². The Morgan fingerprint density at radius 2 is 0.0500 bits per heavy atom. The minimum atomic E-state index is 0. The van der Waals surface area contributed by atoms with Crippen molar-refractivity contribution in [3.05, 3.63) is 0 Å². The van der Waals surface area contributed by atoms with Gasteiger partial charge in [0.15, 0.2) is 0 Å². The first kappa shape index (κ1) is 243. The van der Waals surface area contributed by atoms with Gasteiger partial charge < -0.3 is 0 Å². The first-order valence-electron chi connectivity index (χ1n) is 0. The van der Waals surface area contributed by atoms with Crippen LogP contribution in [0.25, 0.3) is 0 Å². The molecule has 0 heterocycles. The van der Waals surface area contributed by atoms with Crippen LogP contribution in [0.3, 0.4) is 0 Å². The summed E-state index contributed by atoms with van der Waals surface area (Å²) >= 11 is 0. The van der Waals surface area contributed by atoms with Crippen LogP contribution in [0.15, 0.2) is 0 Å². The predicted molar refractivity (Wildman–Crippen MR) is 0 cm³/mol. The van der Waals surface area contributed by atoms with Crippen molar-refractivity contribution < 1.29 is 341 Å². The molecule has 20 heavy (non-hydrogen) atoms. The summed E-state index contributed by atoms with van der Waals surface area (Å²) in [4.78, 5) is 0. The largest absolute Gasteiger partial charge is 0 e. The average molecular weight is 1120 g/mol. The van der Waals surface area contributed by atoms with Crippen LogP contribution in [-0.2, 0) is 341 Å². The van der Waals surface area contributed by atoms with E-state index < -0.39 is 0 Å². The molecule has 0 aromatic carbocycles. The van der Waals surface area contributed by atoms with Crippen molar-refractivity contribution >= 4 is 0 Å². The second-order valence-corrected chi connectivity index (χ2v) is 0. The van der Waals surface area contributed by atoms with Gasteiger partial charge in [0, 0.05) is 341 Å². The van der Waals surface area contributed by atoms with Gasteiger partial charge >= 0.3 is 0 Å². The second-order valence-electron chi connectivity index (χ2n) is 0. The zero-order chi connectivity index (χ0) is 0. The molecule has 0 saturated heterocycles. The Labute approximate surface area is 333 Å². The fourth-order valence-corrected chi connectivity index (χ4v) is 0. The van der Waals surface area contributed by atoms with E-state index in [1.165, 1.54) is 0 Å². The molecule has 0 unspecified atom stereocenters. The van der Waals surface area contributed by atoms with E-state index in [1.54, 1.807) is 0 Å². The molecule has 0 nitrogen and oxygen atoms in total. The zero-order valence-electron chi connectivity index (χ0n) is 7.07. The molecule has 0 N–H and O–H groups in total. The molecule has 0 aliphatic heterocycles. The van der Waals surface area contributed by atoms with Crippen molar-refractivity contribution in [2.24, 2.45) is 0 Å². The average Bonchev–Trinajstić information content (AvgIpc) is 0. The number of rotatable bonds is 0. The Bertz CT molecular complexity index is 0. The van der Waals surface area contributed by atoms with Crippen LogP contribution in [0, 0.1) is 0 Å². The quantitative estimate of drug-likeness (QED) is 0.299. The maximum Gasteiger partial charge on any atom is 0 e. The summed E-state index contributed by atoms with van der Waals surface area (Å²) in [6, 6.07) is 0. The monoisotopic (exact) mass is 1120 g/mol. The van der Waals surface area contributed by atoms with E-state index in [-0.39, 0.29) is 341 Å². The predicted octanol–water partition coefficient (Wildman–Crippen LogP) is -0.0500. The molecule has 0 aliphatic carbocycles. The molecule has 0 spiro atoms. The molecule has 0 aromatic heterocycles. The molecule has 0 radical (unpaired) electrons. The van der Waals surface area contributed by atoms with Crippen molar-refractivity contribution in [3.8, 4) is 0 Å². The topological polar surface area (TPSA) is 0 Å². The number of hydrogen-bond donors (Lipinski definition) is 0. The Hall–Kier alpha value is 10.4. The fraction of sp³-hybridized carbons (Fsp3) is 0. The summed E-state index contributed by atoms with van der Waals surface area (Å²) in [5.74, 6) is 0. The van der Waals surface area contributed by atoms with Gasteiger partial charge in [-0.25, -0.2) is 0 Å². The third-order valence-electron chi connectivity index (χ3n) is 0. The standard InChI is InChI=1S/20Fe. The van der Waals surface area contributed by atoms with Gasteiger partial charge in [-0.2, -0.15) is 0 Å². The Morgan fingerprint density at radius 1 is 0.0500 bits per heavy atom. The minimum absolute atomic E-state index is 0. The van der Waals surface area contributed by atoms with Gasteiger partial charge in [0.05, 0.1) is 0 Å². The van der Waals surface area contributed by atoms with E-state index in [9.17, 15) is 0 Å². The SMILES string of the molecule is [Fe].[Fe].[Fe].[Fe].[Fe].[Fe].[Fe].[Fe].[Fe].[Fe].[Fe].[Fe].[Fe].[Fe].[Fe].[Fe].[Fe].[Fe].[Fe].[Fe]. The summed E-state index contributed by atoms with van der Waals surface area (Å²) in [5.41, 5.74) is 0. The third-order valence-corrected chi connectivity index (χ3v) is 0. The van der Waals surface area contributed by atoms with Crippen LogP contribution in [0.4, 0.5) is 0 Å². The molecule has 0 saturated carbocycles. The summed E-state index contributed by atoms with van der Waals surface area (Å²) < 4.78 is 0. The van der Waals surface area contributed by atoms with E-state index in [2.05, 4.69) is 0 Å². The molecule has 0 atom stereocenters. The molecule has 0 rings (SSSR count). The van der Waals surface area contributed by atoms with Crippen molar-refractivity contribution in [1.82, 2.24) is 0 Å². The fourth-order valence-electron chi connectivity index (χ4n) is 0. The van der Waals surface area contributed by atoms with Crippen LogP contribution in [0.5, 0.6) is 0 Å². The van der Waals surface area contributed by atoms with Crippen molar-refractivity contribution in [2.45, 2.75) is 0 Å². The molecular weight excluding hydrogens is 1120 g/mol. The first-order chi connectivity index (χ1) is 0. The molecular formula is Fe20. The Kier molecular flexibility index (Phi) is 2670. The second kappa shape index (κ2) is 219. The van der Waals surface area contributed by atoms with E-state index in [4.69, 9.17) is 0 Å². The van der Waals surface area contributed by atoms with Crippen molar-refractivity contribution in [2.75, 3.05) is 0 Å². The van der Waals surface area contributed by atoms with E-state index in [1.807, 2.05) is 0 Å². The van der Waals surface area contributed by atoms with Gasteiger partial charge in [-0.3, -0.25) is 0 Å². The maximum absolute atomic E-state index is 0. The Morgan fingerprint density at radius 3 is 0.0500 bits per heavy atom. The van der Waals surface area contributed by atoms with Crippen LogP contribution in [-0.4, -0.2) is 0 Å². The van der Waals surface area contributed by atoms with Gasteiger partial charge in [-0.05, 0) is 0 Å². The number of hydrogen-bond acceptors (Lipinski definition) is 0. The molecule has 0 aromatic rings. The van der Waals surface area contributed by atoms with Crippen LogP contribution in [0.1, 0.15) is 0 Å². The minimum Gasteiger partial charge on any atom is 0 e. The maximum atomic E-state index is 0. The zero-order valence-corrected chi connectivity index (χ0v) is 29.2. The van der Waals surface area contributed by atoms with Crippen molar-refractivity contribution in [3.63, 3.8) is 0 Å². The van der Waals surface area contributed by atoms with Crippen LogP contribution in [0.2, 0.25) is 0 Å². The molecule has 160 valence electrons. The Balaban J connectivity index is 0. The van der Waals surface area contributed by atoms with E-state index in [0.29, 0.717) is 0 Å².